The third-order valence-electron chi connectivity index (χ3n) is 2.38. The van der Waals surface area contributed by atoms with E-state index < -0.39 is 0 Å². The molecule has 84 valence electrons. The van der Waals surface area contributed by atoms with Crippen LogP contribution in [0.1, 0.15) is 5.56 Å². The molecule has 1 heterocycles. The second-order valence-corrected chi connectivity index (χ2v) is 4.26. The first-order chi connectivity index (χ1) is 7.76. The molecule has 0 radical (unpaired) electrons. The Hall–Kier alpha value is -1.13. The molecular formula is C12H12BrNO2. The number of methoxy groups -OCH3 is 2. The van der Waals surface area contributed by atoms with Crippen molar-refractivity contribution in [2.24, 2.45) is 0 Å². The molecule has 0 saturated heterocycles. The SMILES string of the molecule is COCc1cc(OC)cc2c(Br)ccnc12. The predicted molar refractivity (Wildman–Crippen MR) is 66.7 cm³/mol. The van der Waals surface area contributed by atoms with Gasteiger partial charge >= 0.3 is 0 Å². The first-order valence-corrected chi connectivity index (χ1v) is 5.65. The fourth-order valence-electron chi connectivity index (χ4n) is 1.65. The van der Waals surface area contributed by atoms with Crippen LogP contribution in [0.15, 0.2) is 28.9 Å². The molecule has 0 fully saturated rings. The molecule has 0 bridgehead atoms. The van der Waals surface area contributed by atoms with E-state index in [4.69, 9.17) is 9.47 Å². The highest BCUT2D eigenvalue weighted by molar-refractivity contribution is 9.10. The Kier molecular flexibility index (Phi) is 3.41. The molecule has 0 N–H and O–H groups in total. The first kappa shape index (κ1) is 11.4. The van der Waals surface area contributed by atoms with Crippen LogP contribution in [0, 0.1) is 0 Å². The molecule has 0 aliphatic heterocycles. The van der Waals surface area contributed by atoms with Crippen LogP contribution in [-0.4, -0.2) is 19.2 Å². The van der Waals surface area contributed by atoms with Crippen molar-refractivity contribution in [3.05, 3.63) is 34.4 Å². The van der Waals surface area contributed by atoms with Crippen LogP contribution < -0.4 is 4.74 Å². The monoisotopic (exact) mass is 281 g/mol. The lowest BCUT2D eigenvalue weighted by atomic mass is 10.1. The Balaban J connectivity index is 2.71. The predicted octanol–water partition coefficient (Wildman–Crippen LogP) is 3.15. The largest absolute Gasteiger partial charge is 0.497 e. The third-order valence-corrected chi connectivity index (χ3v) is 3.07. The van der Waals surface area contributed by atoms with E-state index in [0.29, 0.717) is 6.61 Å². The lowest BCUT2D eigenvalue weighted by Crippen LogP contribution is -1.94. The van der Waals surface area contributed by atoms with E-state index in [-0.39, 0.29) is 0 Å². The van der Waals surface area contributed by atoms with Crippen molar-refractivity contribution < 1.29 is 9.47 Å². The van der Waals surface area contributed by atoms with E-state index in [1.807, 2.05) is 18.2 Å². The second kappa shape index (κ2) is 4.80. The minimum Gasteiger partial charge on any atom is -0.497 e. The average molecular weight is 282 g/mol. The minimum absolute atomic E-state index is 0.525. The maximum atomic E-state index is 5.26. The molecule has 3 nitrogen and oxygen atoms in total. The molecule has 2 rings (SSSR count). The van der Waals surface area contributed by atoms with Gasteiger partial charge in [-0.15, -0.1) is 0 Å². The van der Waals surface area contributed by atoms with E-state index in [0.717, 1.165) is 26.7 Å². The number of aromatic nitrogens is 1. The summed E-state index contributed by atoms with van der Waals surface area (Å²) in [6.45, 7) is 0.525. The zero-order chi connectivity index (χ0) is 11.5. The summed E-state index contributed by atoms with van der Waals surface area (Å²) in [6, 6.07) is 5.83. The van der Waals surface area contributed by atoms with Crippen molar-refractivity contribution in [3.8, 4) is 5.75 Å². The second-order valence-electron chi connectivity index (χ2n) is 3.41. The number of ether oxygens (including phenoxy) is 2. The molecule has 16 heavy (non-hydrogen) atoms. The van der Waals surface area contributed by atoms with Gasteiger partial charge in [-0.3, -0.25) is 4.98 Å². The molecule has 0 atom stereocenters. The standard InChI is InChI=1S/C12H12BrNO2/c1-15-7-8-5-9(16-2)6-10-11(13)3-4-14-12(8)10/h3-6H,7H2,1-2H3. The van der Waals surface area contributed by atoms with Crippen LogP contribution in [-0.2, 0) is 11.3 Å². The molecule has 2 aromatic rings. The highest BCUT2D eigenvalue weighted by Gasteiger charge is 2.08. The number of nitrogens with zero attached hydrogens (tertiary/aromatic N) is 1. The molecular weight excluding hydrogens is 270 g/mol. The van der Waals surface area contributed by atoms with Crippen LogP contribution in [0.3, 0.4) is 0 Å². The fraction of sp³-hybridized carbons (Fsp3) is 0.250. The van der Waals surface area contributed by atoms with Crippen molar-refractivity contribution in [1.82, 2.24) is 4.98 Å². The zero-order valence-corrected chi connectivity index (χ0v) is 10.7. The summed E-state index contributed by atoms with van der Waals surface area (Å²) in [6.07, 6.45) is 1.78. The Morgan fingerprint density at radius 2 is 2.12 bits per heavy atom. The summed E-state index contributed by atoms with van der Waals surface area (Å²) >= 11 is 3.51. The van der Waals surface area contributed by atoms with Gasteiger partial charge in [-0.2, -0.15) is 0 Å². The molecule has 1 aromatic heterocycles. The summed E-state index contributed by atoms with van der Waals surface area (Å²) in [7, 11) is 3.32. The van der Waals surface area contributed by atoms with E-state index in [1.54, 1.807) is 20.4 Å². The summed E-state index contributed by atoms with van der Waals surface area (Å²) in [5.74, 6) is 0.813. The lowest BCUT2D eigenvalue weighted by molar-refractivity contribution is 0.185. The Morgan fingerprint density at radius 1 is 1.31 bits per heavy atom. The number of pyridine rings is 1. The molecule has 4 heteroatoms. The third kappa shape index (κ3) is 2.03. The number of halogens is 1. The van der Waals surface area contributed by atoms with Crippen LogP contribution in [0.4, 0.5) is 0 Å². The molecule has 0 unspecified atom stereocenters. The highest BCUT2D eigenvalue weighted by atomic mass is 79.9. The van der Waals surface area contributed by atoms with Gasteiger partial charge in [0.25, 0.3) is 0 Å². The van der Waals surface area contributed by atoms with Crippen LogP contribution in [0.25, 0.3) is 10.9 Å². The molecule has 0 saturated carbocycles. The van der Waals surface area contributed by atoms with Crippen molar-refractivity contribution in [1.29, 1.82) is 0 Å². The molecule has 0 spiro atoms. The van der Waals surface area contributed by atoms with E-state index in [1.165, 1.54) is 0 Å². The van der Waals surface area contributed by atoms with Gasteiger partial charge in [0, 0.05) is 28.7 Å². The number of rotatable bonds is 3. The van der Waals surface area contributed by atoms with Crippen LogP contribution >= 0.6 is 15.9 Å². The summed E-state index contributed by atoms with van der Waals surface area (Å²) in [4.78, 5) is 4.37. The van der Waals surface area contributed by atoms with Gasteiger partial charge in [0.1, 0.15) is 5.75 Å². The smallest absolute Gasteiger partial charge is 0.120 e. The van der Waals surface area contributed by atoms with Crippen molar-refractivity contribution in [3.63, 3.8) is 0 Å². The van der Waals surface area contributed by atoms with Gasteiger partial charge in [0.15, 0.2) is 0 Å². The molecule has 0 aliphatic carbocycles. The van der Waals surface area contributed by atoms with Crippen molar-refractivity contribution in [2.45, 2.75) is 6.61 Å². The topological polar surface area (TPSA) is 31.4 Å². The summed E-state index contributed by atoms with van der Waals surface area (Å²) in [5.41, 5.74) is 1.97. The maximum Gasteiger partial charge on any atom is 0.120 e. The van der Waals surface area contributed by atoms with E-state index in [2.05, 4.69) is 20.9 Å². The Morgan fingerprint density at radius 3 is 2.81 bits per heavy atom. The minimum atomic E-state index is 0.525. The van der Waals surface area contributed by atoms with Gasteiger partial charge in [0.05, 0.1) is 19.2 Å². The average Bonchev–Trinajstić information content (AvgIpc) is 2.30. The van der Waals surface area contributed by atoms with Gasteiger partial charge < -0.3 is 9.47 Å². The van der Waals surface area contributed by atoms with Gasteiger partial charge in [-0.1, -0.05) is 15.9 Å². The Labute approximate surface area is 103 Å². The van der Waals surface area contributed by atoms with E-state index in [9.17, 15) is 0 Å². The van der Waals surface area contributed by atoms with Crippen molar-refractivity contribution >= 4 is 26.8 Å². The van der Waals surface area contributed by atoms with Gasteiger partial charge in [0.2, 0.25) is 0 Å². The normalized spacial score (nSPS) is 10.7. The molecule has 1 aromatic carbocycles. The first-order valence-electron chi connectivity index (χ1n) is 4.86. The number of fused-ring (bicyclic) bond motifs is 1. The number of hydrogen-bond donors (Lipinski definition) is 0. The van der Waals surface area contributed by atoms with Crippen LogP contribution in [0.2, 0.25) is 0 Å². The van der Waals surface area contributed by atoms with Crippen molar-refractivity contribution in [2.75, 3.05) is 14.2 Å². The highest BCUT2D eigenvalue weighted by Crippen LogP contribution is 2.29. The molecule has 0 amide bonds. The fourth-order valence-corrected chi connectivity index (χ4v) is 2.07. The Bertz CT molecular complexity index is 514. The number of benzene rings is 1. The zero-order valence-electron chi connectivity index (χ0n) is 9.16. The van der Waals surface area contributed by atoms with Gasteiger partial charge in [-0.25, -0.2) is 0 Å². The maximum absolute atomic E-state index is 5.26. The quantitative estimate of drug-likeness (QED) is 0.866. The summed E-state index contributed by atoms with van der Waals surface area (Å²) < 4.78 is 11.4. The van der Waals surface area contributed by atoms with Crippen LogP contribution in [0.5, 0.6) is 5.75 Å². The summed E-state index contributed by atoms with van der Waals surface area (Å²) in [5, 5.41) is 1.04. The number of hydrogen-bond acceptors (Lipinski definition) is 3. The lowest BCUT2D eigenvalue weighted by Gasteiger charge is -2.09. The van der Waals surface area contributed by atoms with Gasteiger partial charge in [-0.05, 0) is 18.2 Å². The molecule has 0 aliphatic rings. The van der Waals surface area contributed by atoms with E-state index >= 15 is 0 Å².